The molecule has 4 aliphatic rings. The number of ketones is 1. The number of hydrogen-bond acceptors (Lipinski definition) is 4. The lowest BCUT2D eigenvalue weighted by Crippen LogP contribution is -2.61. The zero-order valence-electron chi connectivity index (χ0n) is 43.3. The molecule has 2 aromatic carbocycles. The Balaban J connectivity index is 0.000000320. The third-order valence-electron chi connectivity index (χ3n) is 16.6. The van der Waals surface area contributed by atoms with E-state index in [9.17, 15) is 19.5 Å². The number of aryl methyl sites for hydroxylation is 1. The maximum Gasteiger partial charge on any atom is 0.252 e. The highest BCUT2D eigenvalue weighted by molar-refractivity contribution is 6.20. The van der Waals surface area contributed by atoms with Crippen molar-refractivity contribution in [3.63, 3.8) is 0 Å². The molecule has 4 saturated carbocycles. The number of benzene rings is 2. The van der Waals surface area contributed by atoms with Crippen LogP contribution in [0.15, 0.2) is 24.3 Å². The van der Waals surface area contributed by atoms with Gasteiger partial charge in [-0.3, -0.25) is 9.59 Å². The molecule has 0 aliphatic heterocycles. The Morgan fingerprint density at radius 1 is 0.485 bits per heavy atom. The minimum Gasteiger partial charge on any atom is -0.545 e. The van der Waals surface area contributed by atoms with E-state index in [0.717, 1.165) is 79.8 Å². The summed E-state index contributed by atoms with van der Waals surface area (Å²) in [4.78, 5) is 39.6. The summed E-state index contributed by atoms with van der Waals surface area (Å²) < 4.78 is 0. The minimum atomic E-state index is -1.32. The Labute approximate surface area is 403 Å². The second kappa shape index (κ2) is 31.4. The number of carboxylic acids is 1. The Morgan fingerprint density at radius 3 is 1.26 bits per heavy atom. The molecule has 0 aromatic heterocycles. The van der Waals surface area contributed by atoms with Crippen LogP contribution in [0, 0.1) is 36.5 Å². The lowest BCUT2D eigenvalue weighted by molar-refractivity contribution is -0.427. The molecule has 4 fully saturated rings. The number of carbonyl (C=O) groups excluding carboxylic acids is 3. The molecule has 374 valence electrons. The topological polar surface area (TPSA) is 142 Å². The summed E-state index contributed by atoms with van der Waals surface area (Å²) in [6.45, 7) is 10.9. The molecule has 0 heterocycles. The number of aromatic carboxylic acids is 1. The molecule has 0 atom stereocenters. The van der Waals surface area contributed by atoms with Crippen LogP contribution in [-0.2, 0) is 0 Å². The van der Waals surface area contributed by atoms with Crippen molar-refractivity contribution in [1.82, 2.24) is 5.32 Å². The predicted molar refractivity (Wildman–Crippen MR) is 274 cm³/mol. The highest BCUT2D eigenvalue weighted by atomic mass is 16.4. The smallest absolute Gasteiger partial charge is 0.252 e. The van der Waals surface area contributed by atoms with E-state index in [-0.39, 0.29) is 23.3 Å². The SMILES string of the molecule is CCCCCC1CCC(CC(=O)c2ccc(C)c3c(C(=O)NC4CCC(CCCCC)CC4)ccc(C(=O)[O-])c23)CC1.CCCCCC1CCC([NH3+])CC1.CCCCCC1CCC([NH3+])CC1. The highest BCUT2D eigenvalue weighted by Crippen LogP contribution is 2.37. The van der Waals surface area contributed by atoms with Crippen LogP contribution in [0.5, 0.6) is 0 Å². The van der Waals surface area contributed by atoms with Gasteiger partial charge in [-0.2, -0.15) is 0 Å². The Morgan fingerprint density at radius 2 is 0.848 bits per heavy atom. The molecule has 1 amide bonds. The van der Waals surface area contributed by atoms with Crippen LogP contribution >= 0.6 is 0 Å². The van der Waals surface area contributed by atoms with Gasteiger partial charge in [0.25, 0.3) is 5.91 Å². The quantitative estimate of drug-likeness (QED) is 0.0798. The van der Waals surface area contributed by atoms with Crippen LogP contribution in [0.4, 0.5) is 0 Å². The first-order valence-electron chi connectivity index (χ1n) is 28.2. The summed E-state index contributed by atoms with van der Waals surface area (Å²) in [5, 5.41) is 16.4. The molecular weight excluding hydrogens is 815 g/mol. The fourth-order valence-electron chi connectivity index (χ4n) is 12.0. The van der Waals surface area contributed by atoms with Gasteiger partial charge in [0.1, 0.15) is 0 Å². The molecule has 7 heteroatoms. The molecule has 0 saturated heterocycles. The van der Waals surface area contributed by atoms with Crippen LogP contribution < -0.4 is 21.9 Å². The van der Waals surface area contributed by atoms with Crippen molar-refractivity contribution in [2.24, 2.45) is 29.6 Å². The van der Waals surface area contributed by atoms with Gasteiger partial charge < -0.3 is 26.7 Å². The number of quaternary nitrogens is 2. The summed E-state index contributed by atoms with van der Waals surface area (Å²) in [6, 6.07) is 8.33. The maximum absolute atomic E-state index is 13.7. The van der Waals surface area contributed by atoms with Gasteiger partial charge >= 0.3 is 0 Å². The molecule has 0 bridgehead atoms. The van der Waals surface area contributed by atoms with Crippen molar-refractivity contribution in [3.05, 3.63) is 46.5 Å². The van der Waals surface area contributed by atoms with Crippen molar-refractivity contribution in [3.8, 4) is 0 Å². The van der Waals surface area contributed by atoms with Gasteiger partial charge in [-0.1, -0.05) is 161 Å². The van der Waals surface area contributed by atoms with Gasteiger partial charge in [0.2, 0.25) is 0 Å². The van der Waals surface area contributed by atoms with E-state index in [2.05, 4.69) is 44.5 Å². The number of rotatable bonds is 22. The number of hydrogen-bond donors (Lipinski definition) is 3. The van der Waals surface area contributed by atoms with Crippen LogP contribution in [0.25, 0.3) is 10.8 Å². The lowest BCUT2D eigenvalue weighted by atomic mass is 9.77. The third kappa shape index (κ3) is 19.3. The fourth-order valence-corrected chi connectivity index (χ4v) is 12.0. The molecule has 0 spiro atoms. The summed E-state index contributed by atoms with van der Waals surface area (Å²) >= 11 is 0. The van der Waals surface area contributed by atoms with E-state index >= 15 is 0 Å². The normalized spacial score (nSPS) is 25.5. The van der Waals surface area contributed by atoms with Crippen molar-refractivity contribution in [1.29, 1.82) is 0 Å². The molecule has 4 aliphatic carbocycles. The first kappa shape index (κ1) is 55.8. The lowest BCUT2D eigenvalue weighted by Gasteiger charge is -2.29. The maximum atomic E-state index is 13.7. The number of amides is 1. The van der Waals surface area contributed by atoms with Crippen LogP contribution in [-0.4, -0.2) is 35.8 Å². The summed E-state index contributed by atoms with van der Waals surface area (Å²) in [7, 11) is 0. The largest absolute Gasteiger partial charge is 0.545 e. The number of carbonyl (C=O) groups is 3. The van der Waals surface area contributed by atoms with Crippen LogP contribution in [0.3, 0.4) is 0 Å². The number of fused-ring (bicyclic) bond motifs is 1. The van der Waals surface area contributed by atoms with Crippen LogP contribution in [0.2, 0.25) is 0 Å². The molecule has 7 nitrogen and oxygen atoms in total. The number of Topliss-reactive ketones (excluding diaryl/α,β-unsaturated/α-hetero) is 1. The van der Waals surface area contributed by atoms with E-state index < -0.39 is 5.97 Å². The summed E-state index contributed by atoms with van der Waals surface area (Å²) in [6.07, 6.45) is 42.2. The third-order valence-corrected chi connectivity index (χ3v) is 16.6. The van der Waals surface area contributed by atoms with Crippen molar-refractivity contribution in [2.75, 3.05) is 0 Å². The Bertz CT molecular complexity index is 1650. The van der Waals surface area contributed by atoms with E-state index in [1.54, 1.807) is 12.1 Å². The van der Waals surface area contributed by atoms with Crippen LogP contribution in [0.1, 0.15) is 276 Å². The van der Waals surface area contributed by atoms with Gasteiger partial charge in [-0.15, -0.1) is 0 Å². The molecule has 6 rings (SSSR count). The highest BCUT2D eigenvalue weighted by Gasteiger charge is 2.28. The van der Waals surface area contributed by atoms with E-state index in [4.69, 9.17) is 0 Å². The first-order valence-corrected chi connectivity index (χ1v) is 28.2. The number of carboxylic acid groups (broad SMARTS) is 1. The summed E-state index contributed by atoms with van der Waals surface area (Å²) in [5.41, 5.74) is 9.89. The molecule has 0 radical (unpaired) electrons. The first-order chi connectivity index (χ1) is 32.0. The fraction of sp³-hybridized carbons (Fsp3) is 0.780. The summed E-state index contributed by atoms with van der Waals surface area (Å²) in [5.74, 6) is 2.41. The van der Waals surface area contributed by atoms with Crippen molar-refractivity contribution >= 4 is 28.4 Å². The Hall–Kier alpha value is -2.77. The zero-order chi connectivity index (χ0) is 47.7. The van der Waals surface area contributed by atoms with Crippen molar-refractivity contribution < 1.29 is 31.0 Å². The second-order valence-corrected chi connectivity index (χ2v) is 22.1. The van der Waals surface area contributed by atoms with E-state index in [0.29, 0.717) is 34.2 Å². The second-order valence-electron chi connectivity index (χ2n) is 22.1. The van der Waals surface area contributed by atoms with Gasteiger partial charge in [-0.05, 0) is 143 Å². The van der Waals surface area contributed by atoms with E-state index in [1.165, 1.54) is 173 Å². The standard InChI is InChI=1S/C37H53NO4.2C11H23N/c1-4-6-8-10-26-13-15-28(16-14-26)24-33(39)30-21-12-25(3)34-31(22-23-32(35(30)34)37(41)42)36(40)38-29-19-17-27(18-20-29)11-9-7-5-2;2*1-2-3-4-5-10-6-8-11(12)9-7-10/h12,21-23,26-29H,4-11,13-20,24H2,1-3H3,(H,38,40)(H,41,42);2*10-11H,2-9,12H2,1H3/p+1. The average molecular weight is 915 g/mol. The van der Waals surface area contributed by atoms with Gasteiger partial charge in [-0.25, -0.2) is 0 Å². The predicted octanol–water partition coefficient (Wildman–Crippen LogP) is 13.1. The molecular formula is C59H100N3O4+. The van der Waals surface area contributed by atoms with Gasteiger partial charge in [0.15, 0.2) is 5.78 Å². The van der Waals surface area contributed by atoms with Gasteiger partial charge in [0, 0.05) is 34.5 Å². The van der Waals surface area contributed by atoms with Crippen molar-refractivity contribution in [2.45, 2.75) is 265 Å². The van der Waals surface area contributed by atoms with Gasteiger partial charge in [0.05, 0.1) is 18.1 Å². The number of nitrogens with one attached hydrogen (secondary N) is 1. The molecule has 2 aromatic rings. The average Bonchev–Trinajstić information content (AvgIpc) is 3.32. The Kier molecular flexibility index (Phi) is 26.5. The zero-order valence-corrected chi connectivity index (χ0v) is 43.3. The monoisotopic (exact) mass is 915 g/mol. The number of unbranched alkanes of at least 4 members (excludes halogenated alkanes) is 8. The minimum absolute atomic E-state index is 0.0131. The molecule has 0 unspecified atom stereocenters. The molecule has 66 heavy (non-hydrogen) atoms. The van der Waals surface area contributed by atoms with E-state index in [1.807, 2.05) is 13.0 Å². The molecule has 7 N–H and O–H groups in total.